The molecule has 0 saturated heterocycles. The highest BCUT2D eigenvalue weighted by Gasteiger charge is 2.31. The van der Waals surface area contributed by atoms with E-state index in [-0.39, 0.29) is 29.2 Å². The predicted molar refractivity (Wildman–Crippen MR) is 76.6 cm³/mol. The van der Waals surface area contributed by atoms with Crippen molar-refractivity contribution < 1.29 is 9.59 Å². The van der Waals surface area contributed by atoms with Crippen molar-refractivity contribution in [2.75, 3.05) is 7.05 Å². The third-order valence-electron chi connectivity index (χ3n) is 3.66. The van der Waals surface area contributed by atoms with Crippen LogP contribution in [-0.2, 0) is 9.59 Å². The second-order valence-electron chi connectivity index (χ2n) is 6.79. The number of hydrogen-bond donors (Lipinski definition) is 2. The third-order valence-corrected chi connectivity index (χ3v) is 3.66. The van der Waals surface area contributed by atoms with Crippen LogP contribution in [0.3, 0.4) is 0 Å². The maximum Gasteiger partial charge on any atom is 0.242 e. The number of rotatable bonds is 4. The number of likely N-dealkylation sites (N-methyl/N-ethyl adjacent to an activating group) is 1. The van der Waals surface area contributed by atoms with Gasteiger partial charge in [-0.2, -0.15) is 0 Å². The lowest BCUT2D eigenvalue weighted by molar-refractivity contribution is -0.131. The zero-order valence-corrected chi connectivity index (χ0v) is 12.7. The van der Waals surface area contributed by atoms with Gasteiger partial charge in [-0.1, -0.05) is 40.0 Å². The van der Waals surface area contributed by atoms with Crippen molar-refractivity contribution in [3.05, 3.63) is 0 Å². The van der Waals surface area contributed by atoms with E-state index in [9.17, 15) is 9.59 Å². The average Bonchev–Trinajstić information content (AvgIpc) is 2.34. The van der Waals surface area contributed by atoms with Gasteiger partial charge in [-0.3, -0.25) is 9.59 Å². The van der Waals surface area contributed by atoms with E-state index in [2.05, 4.69) is 10.6 Å². The van der Waals surface area contributed by atoms with Gasteiger partial charge in [0.2, 0.25) is 11.8 Å². The van der Waals surface area contributed by atoms with E-state index in [1.165, 1.54) is 6.42 Å². The van der Waals surface area contributed by atoms with Crippen LogP contribution in [-0.4, -0.2) is 24.9 Å². The highest BCUT2D eigenvalue weighted by atomic mass is 16.2. The Balaban J connectivity index is 2.64. The minimum atomic E-state index is -0.361. The van der Waals surface area contributed by atoms with Crippen molar-refractivity contribution in [2.45, 2.75) is 65.3 Å². The zero-order valence-electron chi connectivity index (χ0n) is 12.7. The second-order valence-corrected chi connectivity index (χ2v) is 6.79. The van der Waals surface area contributed by atoms with Crippen molar-refractivity contribution in [3.8, 4) is 0 Å². The van der Waals surface area contributed by atoms with E-state index < -0.39 is 0 Å². The molecule has 0 spiro atoms. The van der Waals surface area contributed by atoms with Gasteiger partial charge in [-0.15, -0.1) is 0 Å². The monoisotopic (exact) mass is 268 g/mol. The van der Waals surface area contributed by atoms with Crippen LogP contribution in [0.25, 0.3) is 0 Å². The molecule has 0 aromatic rings. The van der Waals surface area contributed by atoms with Crippen LogP contribution in [0.2, 0.25) is 0 Å². The van der Waals surface area contributed by atoms with Gasteiger partial charge >= 0.3 is 0 Å². The SMILES string of the molecule is CNC(=O)C(NC(=O)CC(C)(C)C)C1CCCCC1. The van der Waals surface area contributed by atoms with Crippen molar-refractivity contribution in [2.24, 2.45) is 11.3 Å². The van der Waals surface area contributed by atoms with Crippen LogP contribution in [0.5, 0.6) is 0 Å². The van der Waals surface area contributed by atoms with Gasteiger partial charge in [0.1, 0.15) is 6.04 Å². The molecule has 4 nitrogen and oxygen atoms in total. The summed E-state index contributed by atoms with van der Waals surface area (Å²) in [5, 5.41) is 5.62. The van der Waals surface area contributed by atoms with Gasteiger partial charge < -0.3 is 10.6 Å². The minimum absolute atomic E-state index is 0.0216. The smallest absolute Gasteiger partial charge is 0.242 e. The van der Waals surface area contributed by atoms with E-state index in [1.807, 2.05) is 20.8 Å². The lowest BCUT2D eigenvalue weighted by atomic mass is 9.83. The average molecular weight is 268 g/mol. The first-order chi connectivity index (χ1) is 8.83. The topological polar surface area (TPSA) is 58.2 Å². The van der Waals surface area contributed by atoms with Gasteiger partial charge in [-0.05, 0) is 24.2 Å². The summed E-state index contributed by atoms with van der Waals surface area (Å²) in [5.41, 5.74) is -0.0517. The van der Waals surface area contributed by atoms with E-state index in [1.54, 1.807) is 7.05 Å². The first kappa shape index (κ1) is 16.0. The quantitative estimate of drug-likeness (QED) is 0.821. The normalized spacial score (nSPS) is 18.7. The summed E-state index contributed by atoms with van der Waals surface area (Å²) in [6, 6.07) is -0.361. The molecule has 4 heteroatoms. The van der Waals surface area contributed by atoms with E-state index in [0.717, 1.165) is 25.7 Å². The van der Waals surface area contributed by atoms with Crippen LogP contribution >= 0.6 is 0 Å². The van der Waals surface area contributed by atoms with Crippen molar-refractivity contribution in [3.63, 3.8) is 0 Å². The standard InChI is InChI=1S/C15H28N2O2/c1-15(2,3)10-12(18)17-13(14(19)16-4)11-8-6-5-7-9-11/h11,13H,5-10H2,1-4H3,(H,16,19)(H,17,18). The third kappa shape index (κ3) is 5.62. The molecular weight excluding hydrogens is 240 g/mol. The number of carbonyl (C=O) groups excluding carboxylic acids is 2. The molecule has 1 aliphatic carbocycles. The number of hydrogen-bond acceptors (Lipinski definition) is 2. The van der Waals surface area contributed by atoms with E-state index in [4.69, 9.17) is 0 Å². The van der Waals surface area contributed by atoms with Gasteiger partial charge in [0, 0.05) is 13.5 Å². The van der Waals surface area contributed by atoms with Crippen LogP contribution in [0.4, 0.5) is 0 Å². The molecular formula is C15H28N2O2. The first-order valence-electron chi connectivity index (χ1n) is 7.34. The zero-order chi connectivity index (χ0) is 14.5. The minimum Gasteiger partial charge on any atom is -0.357 e. The van der Waals surface area contributed by atoms with Crippen LogP contribution in [0.15, 0.2) is 0 Å². The van der Waals surface area contributed by atoms with Crippen LogP contribution in [0, 0.1) is 11.3 Å². The fourth-order valence-electron chi connectivity index (χ4n) is 2.73. The van der Waals surface area contributed by atoms with E-state index >= 15 is 0 Å². The molecule has 0 aromatic carbocycles. The summed E-state index contributed by atoms with van der Waals surface area (Å²) in [7, 11) is 1.63. The highest BCUT2D eigenvalue weighted by molar-refractivity contribution is 5.87. The number of amides is 2. The Hall–Kier alpha value is -1.06. The van der Waals surface area contributed by atoms with Crippen molar-refractivity contribution in [1.29, 1.82) is 0 Å². The maximum atomic E-state index is 12.0. The molecule has 19 heavy (non-hydrogen) atoms. The van der Waals surface area contributed by atoms with Crippen LogP contribution in [0.1, 0.15) is 59.3 Å². The fraction of sp³-hybridized carbons (Fsp3) is 0.867. The first-order valence-corrected chi connectivity index (χ1v) is 7.34. The summed E-state index contributed by atoms with van der Waals surface area (Å²) in [6.07, 6.45) is 6.09. The van der Waals surface area contributed by atoms with Crippen LogP contribution < -0.4 is 10.6 Å². The van der Waals surface area contributed by atoms with Gasteiger partial charge in [0.15, 0.2) is 0 Å². The second kappa shape index (κ2) is 6.92. The molecule has 2 amide bonds. The Morgan fingerprint density at radius 1 is 1.16 bits per heavy atom. The lowest BCUT2D eigenvalue weighted by Crippen LogP contribution is -2.51. The molecule has 1 aliphatic rings. The Kier molecular flexibility index (Phi) is 5.83. The maximum absolute atomic E-state index is 12.0. The molecule has 110 valence electrons. The van der Waals surface area contributed by atoms with Crippen molar-refractivity contribution >= 4 is 11.8 Å². The molecule has 0 aliphatic heterocycles. The van der Waals surface area contributed by atoms with E-state index in [0.29, 0.717) is 6.42 Å². The Bertz CT molecular complexity index is 315. The molecule has 0 bridgehead atoms. The summed E-state index contributed by atoms with van der Waals surface area (Å²) >= 11 is 0. The molecule has 1 saturated carbocycles. The molecule has 2 N–H and O–H groups in total. The van der Waals surface area contributed by atoms with Gasteiger partial charge in [0.25, 0.3) is 0 Å². The predicted octanol–water partition coefficient (Wildman–Crippen LogP) is 2.23. The number of nitrogens with one attached hydrogen (secondary N) is 2. The molecule has 1 fully saturated rings. The Labute approximate surface area is 116 Å². The molecule has 0 aromatic heterocycles. The summed E-state index contributed by atoms with van der Waals surface area (Å²) in [5.74, 6) is 0.207. The van der Waals surface area contributed by atoms with Crippen molar-refractivity contribution in [1.82, 2.24) is 10.6 Å². The molecule has 0 heterocycles. The Morgan fingerprint density at radius 2 is 1.74 bits per heavy atom. The largest absolute Gasteiger partial charge is 0.357 e. The summed E-state index contributed by atoms with van der Waals surface area (Å²) < 4.78 is 0. The highest BCUT2D eigenvalue weighted by Crippen LogP contribution is 2.27. The fourth-order valence-corrected chi connectivity index (χ4v) is 2.73. The molecule has 0 radical (unpaired) electrons. The number of carbonyl (C=O) groups is 2. The van der Waals surface area contributed by atoms with Gasteiger partial charge in [0.05, 0.1) is 0 Å². The molecule has 1 rings (SSSR count). The van der Waals surface area contributed by atoms with Gasteiger partial charge in [-0.25, -0.2) is 0 Å². The lowest BCUT2D eigenvalue weighted by Gasteiger charge is -2.30. The summed E-state index contributed by atoms with van der Waals surface area (Å²) in [6.45, 7) is 6.09. The molecule has 1 unspecified atom stereocenters. The Morgan fingerprint density at radius 3 is 2.21 bits per heavy atom. The molecule has 1 atom stereocenters. The summed E-state index contributed by atoms with van der Waals surface area (Å²) in [4.78, 5) is 24.0.